The Labute approximate surface area is 120 Å². The minimum Gasteiger partial charge on any atom is -0.264 e. The van der Waals surface area contributed by atoms with Gasteiger partial charge in [0.05, 0.1) is 10.2 Å². The van der Waals surface area contributed by atoms with Gasteiger partial charge in [-0.25, -0.2) is 4.98 Å². The average Bonchev–Trinajstić information content (AvgIpc) is 3.04. The molecule has 4 aromatic rings. The van der Waals surface area contributed by atoms with E-state index in [-0.39, 0.29) is 0 Å². The Hall–Kier alpha value is -1.79. The number of nitrogens with zero attached hydrogens (tertiary/aromatic N) is 4. The number of rotatable bonds is 1. The molecule has 3 aromatic heterocycles. The molecule has 92 valence electrons. The first-order valence-electron chi connectivity index (χ1n) is 5.66. The predicted octanol–water partition coefficient (Wildman–Crippen LogP) is 3.77. The summed E-state index contributed by atoms with van der Waals surface area (Å²) in [6.45, 7) is 0. The first-order chi connectivity index (χ1) is 9.33. The molecule has 0 N–H and O–H groups in total. The van der Waals surface area contributed by atoms with Gasteiger partial charge in [-0.2, -0.15) is 0 Å². The van der Waals surface area contributed by atoms with Crippen LogP contribution in [-0.2, 0) is 0 Å². The third-order valence-electron chi connectivity index (χ3n) is 2.96. The summed E-state index contributed by atoms with van der Waals surface area (Å²) < 4.78 is 4.05. The fourth-order valence-electron chi connectivity index (χ4n) is 2.04. The Bertz CT molecular complexity index is 879. The van der Waals surface area contributed by atoms with Crippen LogP contribution in [0.25, 0.3) is 27.3 Å². The van der Waals surface area contributed by atoms with Crippen molar-refractivity contribution in [3.63, 3.8) is 0 Å². The zero-order chi connectivity index (χ0) is 12.8. The van der Waals surface area contributed by atoms with E-state index < -0.39 is 0 Å². The molecule has 0 unspecified atom stereocenters. The highest BCUT2D eigenvalue weighted by Gasteiger charge is 2.11. The number of hydrogen-bond donors (Lipinski definition) is 0. The number of thiophene rings is 1. The van der Waals surface area contributed by atoms with Crippen LogP contribution < -0.4 is 0 Å². The maximum absolute atomic E-state index is 4.43. The minimum absolute atomic E-state index is 0.810. The van der Waals surface area contributed by atoms with Crippen LogP contribution in [0.4, 0.5) is 0 Å². The Morgan fingerprint density at radius 3 is 2.74 bits per heavy atom. The van der Waals surface area contributed by atoms with Crippen molar-refractivity contribution in [1.82, 2.24) is 19.6 Å². The molecule has 0 bridgehead atoms. The summed E-state index contributed by atoms with van der Waals surface area (Å²) >= 11 is 5.07. The van der Waals surface area contributed by atoms with E-state index in [0.717, 1.165) is 31.7 Å². The molecule has 1 aromatic carbocycles. The van der Waals surface area contributed by atoms with Crippen molar-refractivity contribution in [3.8, 4) is 11.4 Å². The number of benzene rings is 1. The third kappa shape index (κ3) is 1.67. The Morgan fingerprint density at radius 1 is 1.05 bits per heavy atom. The normalized spacial score (nSPS) is 11.4. The lowest BCUT2D eigenvalue weighted by Gasteiger charge is -2.00. The molecule has 0 amide bonds. The Balaban J connectivity index is 2.02. The maximum atomic E-state index is 4.43. The van der Waals surface area contributed by atoms with Crippen LogP contribution in [0.2, 0.25) is 0 Å². The molecule has 6 heteroatoms. The van der Waals surface area contributed by atoms with Crippen molar-refractivity contribution >= 4 is 43.1 Å². The second-order valence-electron chi connectivity index (χ2n) is 4.10. The van der Waals surface area contributed by atoms with E-state index in [0.29, 0.717) is 0 Å². The van der Waals surface area contributed by atoms with Crippen LogP contribution in [-0.4, -0.2) is 19.6 Å². The molecule has 3 heterocycles. The third-order valence-corrected chi connectivity index (χ3v) is 4.39. The fraction of sp³-hybridized carbons (Fsp3) is 0. The van der Waals surface area contributed by atoms with Gasteiger partial charge in [-0.3, -0.25) is 4.40 Å². The molecule has 0 atom stereocenters. The average molecular weight is 331 g/mol. The van der Waals surface area contributed by atoms with Crippen molar-refractivity contribution in [2.75, 3.05) is 0 Å². The second kappa shape index (κ2) is 4.11. The first-order valence-corrected chi connectivity index (χ1v) is 7.33. The van der Waals surface area contributed by atoms with Gasteiger partial charge >= 0.3 is 0 Å². The van der Waals surface area contributed by atoms with Gasteiger partial charge in [0.2, 0.25) is 0 Å². The van der Waals surface area contributed by atoms with E-state index in [1.165, 1.54) is 0 Å². The quantitative estimate of drug-likeness (QED) is 0.533. The number of aromatic nitrogens is 4. The second-order valence-corrected chi connectivity index (χ2v) is 5.94. The van der Waals surface area contributed by atoms with Gasteiger partial charge in [-0.15, -0.1) is 21.5 Å². The van der Waals surface area contributed by atoms with E-state index in [9.17, 15) is 0 Å². The van der Waals surface area contributed by atoms with Gasteiger partial charge < -0.3 is 0 Å². The summed E-state index contributed by atoms with van der Waals surface area (Å²) in [5, 5.41) is 10.6. The van der Waals surface area contributed by atoms with Crippen molar-refractivity contribution in [3.05, 3.63) is 46.5 Å². The number of fused-ring (bicyclic) bond motifs is 3. The van der Waals surface area contributed by atoms with E-state index in [2.05, 4.69) is 31.1 Å². The molecular weight excluding hydrogens is 324 g/mol. The lowest BCUT2D eigenvalue weighted by molar-refractivity contribution is 1.09. The number of hydrogen-bond acceptors (Lipinski definition) is 4. The molecule has 0 radical (unpaired) electrons. The lowest BCUT2D eigenvalue weighted by atomic mass is 10.2. The maximum Gasteiger partial charge on any atom is 0.181 e. The van der Waals surface area contributed by atoms with Crippen LogP contribution >= 0.6 is 27.3 Å². The standard InChI is InChI=1S/C13H7BrN4S/c14-9-3-1-8(2-4-9)12-16-17-13-11-10(5-6-19-11)15-7-18(12)13/h1-7H. The van der Waals surface area contributed by atoms with Crippen LogP contribution in [0.15, 0.2) is 46.5 Å². The summed E-state index contributed by atoms with van der Waals surface area (Å²) in [4.78, 5) is 4.43. The molecule has 4 nitrogen and oxygen atoms in total. The summed E-state index contributed by atoms with van der Waals surface area (Å²) in [6, 6.07) is 10.0. The summed E-state index contributed by atoms with van der Waals surface area (Å²) in [7, 11) is 0. The van der Waals surface area contributed by atoms with Gasteiger partial charge in [0.25, 0.3) is 0 Å². The summed E-state index contributed by atoms with van der Waals surface area (Å²) in [5.74, 6) is 0.810. The molecule has 0 spiro atoms. The van der Waals surface area contributed by atoms with Crippen LogP contribution in [0.3, 0.4) is 0 Å². The van der Waals surface area contributed by atoms with Crippen molar-refractivity contribution < 1.29 is 0 Å². The number of halogens is 1. The Kier molecular flexibility index (Phi) is 2.39. The van der Waals surface area contributed by atoms with Gasteiger partial charge in [0.15, 0.2) is 11.5 Å². The summed E-state index contributed by atoms with van der Waals surface area (Å²) in [6.07, 6.45) is 1.78. The van der Waals surface area contributed by atoms with Crippen molar-refractivity contribution in [2.45, 2.75) is 0 Å². The smallest absolute Gasteiger partial charge is 0.181 e. The largest absolute Gasteiger partial charge is 0.264 e. The first kappa shape index (κ1) is 11.1. The predicted molar refractivity (Wildman–Crippen MR) is 79.3 cm³/mol. The van der Waals surface area contributed by atoms with Crippen molar-refractivity contribution in [2.24, 2.45) is 0 Å². The van der Waals surface area contributed by atoms with E-state index in [1.54, 1.807) is 17.7 Å². The zero-order valence-electron chi connectivity index (χ0n) is 9.62. The van der Waals surface area contributed by atoms with Gasteiger partial charge in [0, 0.05) is 10.0 Å². The molecule has 0 fully saturated rings. The highest BCUT2D eigenvalue weighted by atomic mass is 79.9. The topological polar surface area (TPSA) is 43.1 Å². The van der Waals surface area contributed by atoms with Gasteiger partial charge in [-0.05, 0) is 23.6 Å². The van der Waals surface area contributed by atoms with Crippen LogP contribution in [0.1, 0.15) is 0 Å². The molecule has 19 heavy (non-hydrogen) atoms. The SMILES string of the molecule is Brc1ccc(-c2nnc3c4sccc4ncn23)cc1. The summed E-state index contributed by atoms with van der Waals surface area (Å²) in [5.41, 5.74) is 2.85. The molecular formula is C13H7BrN4S. The monoisotopic (exact) mass is 330 g/mol. The van der Waals surface area contributed by atoms with E-state index >= 15 is 0 Å². The van der Waals surface area contributed by atoms with Gasteiger partial charge in [0.1, 0.15) is 6.33 Å². The molecule has 0 aliphatic rings. The molecule has 0 aliphatic heterocycles. The van der Waals surface area contributed by atoms with Crippen molar-refractivity contribution in [1.29, 1.82) is 0 Å². The minimum atomic E-state index is 0.810. The van der Waals surface area contributed by atoms with Crippen LogP contribution in [0, 0.1) is 0 Å². The Morgan fingerprint density at radius 2 is 1.89 bits per heavy atom. The molecule has 0 aliphatic carbocycles. The molecule has 4 rings (SSSR count). The highest BCUT2D eigenvalue weighted by molar-refractivity contribution is 9.10. The molecule has 0 saturated carbocycles. The zero-order valence-corrected chi connectivity index (χ0v) is 12.0. The molecule has 0 saturated heterocycles. The van der Waals surface area contributed by atoms with E-state index in [4.69, 9.17) is 0 Å². The van der Waals surface area contributed by atoms with Crippen LogP contribution in [0.5, 0.6) is 0 Å². The lowest BCUT2D eigenvalue weighted by Crippen LogP contribution is -1.90. The fourth-order valence-corrected chi connectivity index (χ4v) is 3.13. The highest BCUT2D eigenvalue weighted by Crippen LogP contribution is 2.26. The van der Waals surface area contributed by atoms with Gasteiger partial charge in [-0.1, -0.05) is 28.1 Å². The van der Waals surface area contributed by atoms with E-state index in [1.807, 2.05) is 40.1 Å².